The molecule has 0 aliphatic rings. The fourth-order valence-electron chi connectivity index (χ4n) is 4.68. The predicted octanol–water partition coefficient (Wildman–Crippen LogP) is 8.00. The molecule has 0 bridgehead atoms. The van der Waals surface area contributed by atoms with Crippen LogP contribution in [-0.4, -0.2) is 37.8 Å². The van der Waals surface area contributed by atoms with Gasteiger partial charge >= 0.3 is 0 Å². The molecule has 6 heteroatoms. The maximum Gasteiger partial charge on any atom is 0.123 e. The van der Waals surface area contributed by atoms with Crippen LogP contribution in [-0.2, 0) is 5.60 Å². The van der Waals surface area contributed by atoms with Gasteiger partial charge in [0.05, 0.1) is 7.11 Å². The SMILES string of the molecule is COc1cc2ccc(Br)cc2cc1C(c1ccc(Cl)cc1)C(O)(CCN(C)C)c1ccccc1Br. The van der Waals surface area contributed by atoms with Gasteiger partial charge in [-0.05, 0) is 84.9 Å². The first-order chi connectivity index (χ1) is 16.7. The molecule has 0 aliphatic carbocycles. The Morgan fingerprint density at radius 1 is 0.943 bits per heavy atom. The fraction of sp³-hybridized carbons (Fsp3) is 0.241. The quantitative estimate of drug-likeness (QED) is 0.218. The summed E-state index contributed by atoms with van der Waals surface area (Å²) in [5, 5.41) is 15.5. The number of nitrogens with zero attached hydrogens (tertiary/aromatic N) is 1. The van der Waals surface area contributed by atoms with Crippen LogP contribution in [0.15, 0.2) is 87.8 Å². The molecule has 0 aliphatic heterocycles. The lowest BCUT2D eigenvalue weighted by molar-refractivity contribution is 0.00328. The van der Waals surface area contributed by atoms with Gasteiger partial charge in [-0.15, -0.1) is 0 Å². The highest BCUT2D eigenvalue weighted by molar-refractivity contribution is 9.10. The van der Waals surface area contributed by atoms with Gasteiger partial charge < -0.3 is 14.7 Å². The van der Waals surface area contributed by atoms with Gasteiger partial charge in [0, 0.05) is 32.0 Å². The lowest BCUT2D eigenvalue weighted by atomic mass is 9.71. The molecule has 0 aromatic heterocycles. The number of halogens is 3. The van der Waals surface area contributed by atoms with Gasteiger partial charge in [0.1, 0.15) is 11.4 Å². The van der Waals surface area contributed by atoms with Crippen LogP contribution < -0.4 is 4.74 Å². The van der Waals surface area contributed by atoms with E-state index in [-0.39, 0.29) is 0 Å². The topological polar surface area (TPSA) is 32.7 Å². The summed E-state index contributed by atoms with van der Waals surface area (Å²) in [7, 11) is 5.72. The van der Waals surface area contributed by atoms with Gasteiger partial charge in [-0.25, -0.2) is 0 Å². The Bertz CT molecular complexity index is 1330. The summed E-state index contributed by atoms with van der Waals surface area (Å²) in [5.41, 5.74) is 1.46. The highest BCUT2D eigenvalue weighted by Crippen LogP contribution is 2.49. The third-order valence-corrected chi connectivity index (χ3v) is 7.86. The van der Waals surface area contributed by atoms with Crippen LogP contribution in [0.25, 0.3) is 10.8 Å². The molecule has 0 radical (unpaired) electrons. The lowest BCUT2D eigenvalue weighted by Crippen LogP contribution is -2.38. The largest absolute Gasteiger partial charge is 0.496 e. The van der Waals surface area contributed by atoms with E-state index in [1.54, 1.807) is 7.11 Å². The molecular weight excluding hydrogens is 590 g/mol. The molecule has 0 heterocycles. The molecule has 1 N–H and O–H groups in total. The Morgan fingerprint density at radius 2 is 1.66 bits per heavy atom. The molecule has 35 heavy (non-hydrogen) atoms. The van der Waals surface area contributed by atoms with Gasteiger partial charge in [0.15, 0.2) is 0 Å². The van der Waals surface area contributed by atoms with Crippen LogP contribution in [0, 0.1) is 0 Å². The predicted molar refractivity (Wildman–Crippen MR) is 153 cm³/mol. The first-order valence-electron chi connectivity index (χ1n) is 11.4. The van der Waals surface area contributed by atoms with Crippen LogP contribution in [0.4, 0.5) is 0 Å². The minimum absolute atomic E-state index is 0.420. The monoisotopic (exact) mass is 615 g/mol. The van der Waals surface area contributed by atoms with Crippen LogP contribution in [0.3, 0.4) is 0 Å². The summed E-state index contributed by atoms with van der Waals surface area (Å²) < 4.78 is 7.79. The van der Waals surface area contributed by atoms with Crippen molar-refractivity contribution in [3.8, 4) is 5.75 Å². The molecule has 3 nitrogen and oxygen atoms in total. The maximum atomic E-state index is 12.7. The molecular formula is C29H28Br2ClNO2. The average molecular weight is 618 g/mol. The summed E-state index contributed by atoms with van der Waals surface area (Å²) in [6.07, 6.45) is 0.510. The molecule has 0 saturated carbocycles. The number of fused-ring (bicyclic) bond motifs is 1. The van der Waals surface area contributed by atoms with Gasteiger partial charge in [-0.1, -0.05) is 79.9 Å². The van der Waals surface area contributed by atoms with Crippen molar-refractivity contribution in [2.75, 3.05) is 27.7 Å². The number of hydrogen-bond acceptors (Lipinski definition) is 3. The van der Waals surface area contributed by atoms with Gasteiger partial charge in [0.2, 0.25) is 0 Å². The van der Waals surface area contributed by atoms with E-state index < -0.39 is 11.5 Å². The van der Waals surface area contributed by atoms with Crippen LogP contribution in [0.5, 0.6) is 5.75 Å². The van der Waals surface area contributed by atoms with Crippen molar-refractivity contribution in [1.29, 1.82) is 0 Å². The van der Waals surface area contributed by atoms with Crippen molar-refractivity contribution in [3.05, 3.63) is 110 Å². The van der Waals surface area contributed by atoms with E-state index in [1.807, 2.05) is 74.8 Å². The normalized spacial score (nSPS) is 14.2. The van der Waals surface area contributed by atoms with Crippen LogP contribution in [0.1, 0.15) is 29.0 Å². The van der Waals surface area contributed by atoms with Crippen LogP contribution >= 0.6 is 43.5 Å². The number of aliphatic hydroxyl groups is 1. The first-order valence-corrected chi connectivity index (χ1v) is 13.3. The van der Waals surface area contributed by atoms with E-state index in [1.165, 1.54) is 0 Å². The molecule has 4 rings (SSSR count). The fourth-order valence-corrected chi connectivity index (χ4v) is 5.81. The molecule has 0 saturated heterocycles. The Morgan fingerprint density at radius 3 is 2.31 bits per heavy atom. The molecule has 2 atom stereocenters. The number of benzene rings is 4. The third kappa shape index (κ3) is 5.60. The second kappa shape index (κ2) is 11.0. The van der Waals surface area contributed by atoms with E-state index in [2.05, 4.69) is 55.0 Å². The zero-order chi connectivity index (χ0) is 25.2. The van der Waals surface area contributed by atoms with E-state index in [9.17, 15) is 5.11 Å². The van der Waals surface area contributed by atoms with Crippen molar-refractivity contribution in [2.45, 2.75) is 17.9 Å². The minimum Gasteiger partial charge on any atom is -0.496 e. The Hall–Kier alpha value is -1.89. The molecule has 0 spiro atoms. The average Bonchev–Trinajstić information content (AvgIpc) is 2.84. The smallest absolute Gasteiger partial charge is 0.123 e. The van der Waals surface area contributed by atoms with E-state index in [4.69, 9.17) is 16.3 Å². The number of hydrogen-bond donors (Lipinski definition) is 1. The van der Waals surface area contributed by atoms with E-state index >= 15 is 0 Å². The van der Waals surface area contributed by atoms with E-state index in [0.717, 1.165) is 42.2 Å². The van der Waals surface area contributed by atoms with Crippen molar-refractivity contribution >= 4 is 54.2 Å². The Balaban J connectivity index is 2.04. The molecule has 4 aromatic carbocycles. The highest BCUT2D eigenvalue weighted by Gasteiger charge is 2.43. The summed E-state index contributed by atoms with van der Waals surface area (Å²) in [6.45, 7) is 0.698. The van der Waals surface area contributed by atoms with Gasteiger partial charge in [0.25, 0.3) is 0 Å². The zero-order valence-corrected chi connectivity index (χ0v) is 23.9. The highest BCUT2D eigenvalue weighted by atomic mass is 79.9. The standard InChI is InChI=1S/C29H28Br2ClNO2/c1-33(2)15-14-29(34,25-6-4-5-7-26(25)31)28(19-9-12-23(32)13-10-19)24-17-21-16-22(30)11-8-20(21)18-27(24)35-3/h4-13,16-18,28,34H,14-15H2,1-3H3. The van der Waals surface area contributed by atoms with Crippen molar-refractivity contribution < 1.29 is 9.84 Å². The van der Waals surface area contributed by atoms with E-state index in [0.29, 0.717) is 18.0 Å². The summed E-state index contributed by atoms with van der Waals surface area (Å²) in [6, 6.07) is 26.0. The first kappa shape index (κ1) is 26.2. The van der Waals surface area contributed by atoms with Gasteiger partial charge in [-0.2, -0.15) is 0 Å². The van der Waals surface area contributed by atoms with Gasteiger partial charge in [-0.3, -0.25) is 0 Å². The maximum absolute atomic E-state index is 12.7. The molecule has 2 unspecified atom stereocenters. The van der Waals surface area contributed by atoms with Crippen molar-refractivity contribution in [2.24, 2.45) is 0 Å². The number of rotatable bonds is 8. The number of methoxy groups -OCH3 is 1. The Kier molecular flexibility index (Phi) is 8.24. The second-order valence-electron chi connectivity index (χ2n) is 9.03. The number of ether oxygens (including phenoxy) is 1. The Labute approximate surface area is 228 Å². The third-order valence-electron chi connectivity index (χ3n) is 6.42. The zero-order valence-electron chi connectivity index (χ0n) is 19.9. The van der Waals surface area contributed by atoms with Crippen molar-refractivity contribution in [3.63, 3.8) is 0 Å². The summed E-state index contributed by atoms with van der Waals surface area (Å²) in [5.74, 6) is 0.312. The van der Waals surface area contributed by atoms with Crippen LogP contribution in [0.2, 0.25) is 5.02 Å². The molecule has 0 fully saturated rings. The summed E-state index contributed by atoms with van der Waals surface area (Å²) >= 11 is 13.6. The molecule has 4 aromatic rings. The lowest BCUT2D eigenvalue weighted by Gasteiger charge is -2.39. The summed E-state index contributed by atoms with van der Waals surface area (Å²) in [4.78, 5) is 2.09. The minimum atomic E-state index is -1.24. The van der Waals surface area contributed by atoms with Crippen molar-refractivity contribution in [1.82, 2.24) is 4.90 Å². The molecule has 182 valence electrons. The second-order valence-corrected chi connectivity index (χ2v) is 11.2. The molecule has 0 amide bonds.